The number of carbonyl (C=O) groups is 1. The first-order valence-corrected chi connectivity index (χ1v) is 15.3. The molecule has 3 aliphatic carbocycles. The maximum atomic E-state index is 13.3. The molecule has 1 aromatic carbocycles. The van der Waals surface area contributed by atoms with Crippen molar-refractivity contribution in [2.45, 2.75) is 63.9 Å². The maximum Gasteiger partial charge on any atom is 0.247 e. The SMILES string of the molecule is CNC(=O)C1=CC=CC=CC1C1=C2C=C3CCC[O+]4CCCC(=C2Cc2c1cc1c5c2CCCN5CCC1)C34. The van der Waals surface area contributed by atoms with Crippen LogP contribution in [-0.4, -0.2) is 45.4 Å². The van der Waals surface area contributed by atoms with Gasteiger partial charge in [0.05, 0.1) is 0 Å². The molecule has 4 aliphatic heterocycles. The molecule has 4 heteroatoms. The lowest BCUT2D eigenvalue weighted by Gasteiger charge is -2.45. The number of amides is 1. The number of nitrogens with zero attached hydrogens (tertiary/aromatic N) is 1. The molecule has 1 aromatic rings. The highest BCUT2D eigenvalue weighted by atomic mass is 16.7. The maximum absolute atomic E-state index is 13.3. The molecule has 2 atom stereocenters. The molecular formula is C35H39N2O2+. The minimum absolute atomic E-state index is 0.0227. The van der Waals surface area contributed by atoms with Gasteiger partial charge in [-0.15, -0.1) is 0 Å². The molecule has 8 rings (SSSR count). The largest absolute Gasteiger partial charge is 0.413 e. The molecule has 2 fully saturated rings. The fourth-order valence-electron chi connectivity index (χ4n) is 8.74. The molecule has 39 heavy (non-hydrogen) atoms. The van der Waals surface area contributed by atoms with E-state index in [0.717, 1.165) is 31.6 Å². The fraction of sp³-hybridized carbons (Fsp3) is 0.457. The quantitative estimate of drug-likeness (QED) is 0.497. The van der Waals surface area contributed by atoms with Gasteiger partial charge in [0.25, 0.3) is 0 Å². The number of fused-ring (bicyclic) bond motifs is 3. The van der Waals surface area contributed by atoms with Crippen LogP contribution in [0.2, 0.25) is 0 Å². The van der Waals surface area contributed by atoms with Gasteiger partial charge in [0.2, 0.25) is 12.0 Å². The minimum atomic E-state index is -0.0672. The summed E-state index contributed by atoms with van der Waals surface area (Å²) in [7, 11) is 1.76. The highest BCUT2D eigenvalue weighted by Gasteiger charge is 2.45. The molecule has 200 valence electrons. The van der Waals surface area contributed by atoms with Gasteiger partial charge in [-0.05, 0) is 96.1 Å². The van der Waals surface area contributed by atoms with Crippen molar-refractivity contribution in [2.24, 2.45) is 5.92 Å². The van der Waals surface area contributed by atoms with Crippen molar-refractivity contribution in [3.05, 3.63) is 92.6 Å². The monoisotopic (exact) mass is 519 g/mol. The topological polar surface area (TPSA) is 35.0 Å². The van der Waals surface area contributed by atoms with E-state index < -0.39 is 0 Å². The number of hydrogen-bond acceptors (Lipinski definition) is 2. The zero-order valence-corrected chi connectivity index (χ0v) is 23.2. The molecule has 4 heterocycles. The van der Waals surface area contributed by atoms with Gasteiger partial charge < -0.3 is 14.6 Å². The zero-order chi connectivity index (χ0) is 26.1. The summed E-state index contributed by atoms with van der Waals surface area (Å²) in [6.45, 7) is 4.69. The van der Waals surface area contributed by atoms with Gasteiger partial charge in [0.15, 0.2) is 0 Å². The molecule has 0 spiro atoms. The van der Waals surface area contributed by atoms with E-state index in [-0.39, 0.29) is 11.8 Å². The van der Waals surface area contributed by atoms with Gasteiger partial charge in [-0.1, -0.05) is 30.4 Å². The van der Waals surface area contributed by atoms with Crippen molar-refractivity contribution in [1.82, 2.24) is 5.32 Å². The van der Waals surface area contributed by atoms with Crippen molar-refractivity contribution in [1.29, 1.82) is 0 Å². The number of rotatable bonds is 2. The molecule has 0 radical (unpaired) electrons. The van der Waals surface area contributed by atoms with Crippen molar-refractivity contribution in [2.75, 3.05) is 38.3 Å². The van der Waals surface area contributed by atoms with Gasteiger partial charge in [0.1, 0.15) is 13.2 Å². The molecule has 4 nitrogen and oxygen atoms in total. The third-order valence-corrected chi connectivity index (χ3v) is 10.3. The molecule has 7 aliphatic rings. The average molecular weight is 520 g/mol. The average Bonchev–Trinajstić information content (AvgIpc) is 3.23. The van der Waals surface area contributed by atoms with Gasteiger partial charge in [-0.3, -0.25) is 4.79 Å². The summed E-state index contributed by atoms with van der Waals surface area (Å²) in [6.07, 6.45) is 24.2. The molecule has 2 unspecified atom stereocenters. The molecule has 1 amide bonds. The first-order chi connectivity index (χ1) is 19.2. The van der Waals surface area contributed by atoms with Crippen LogP contribution in [0.5, 0.6) is 0 Å². The molecule has 0 bridgehead atoms. The lowest BCUT2D eigenvalue weighted by Crippen LogP contribution is -2.42. The van der Waals surface area contributed by atoms with Gasteiger partial charge in [-0.25, -0.2) is 0 Å². The van der Waals surface area contributed by atoms with Gasteiger partial charge >= 0.3 is 0 Å². The highest BCUT2D eigenvalue weighted by molar-refractivity contribution is 6.00. The van der Waals surface area contributed by atoms with E-state index in [1.54, 1.807) is 40.6 Å². The number of anilines is 1. The first-order valence-electron chi connectivity index (χ1n) is 15.3. The van der Waals surface area contributed by atoms with Crippen LogP contribution in [0.1, 0.15) is 60.8 Å². The Balaban J connectivity index is 1.43. The second-order valence-electron chi connectivity index (χ2n) is 12.3. The predicted octanol–water partition coefficient (Wildman–Crippen LogP) is 5.85. The molecule has 1 N–H and O–H groups in total. The Labute approximate surface area is 232 Å². The third-order valence-electron chi connectivity index (χ3n) is 10.3. The van der Waals surface area contributed by atoms with Crippen LogP contribution in [0.3, 0.4) is 0 Å². The van der Waals surface area contributed by atoms with Gasteiger partial charge in [0, 0.05) is 61.3 Å². The fourth-order valence-corrected chi connectivity index (χ4v) is 8.74. The Bertz CT molecular complexity index is 1460. The number of nitrogens with one attached hydrogen (secondary N) is 1. The second kappa shape index (κ2) is 9.23. The van der Waals surface area contributed by atoms with Gasteiger partial charge in [-0.2, -0.15) is 0 Å². The lowest BCUT2D eigenvalue weighted by atomic mass is 9.67. The van der Waals surface area contributed by atoms with Crippen molar-refractivity contribution in [3.63, 3.8) is 0 Å². The van der Waals surface area contributed by atoms with Crippen LogP contribution < -0.4 is 10.2 Å². The van der Waals surface area contributed by atoms with Crippen molar-refractivity contribution < 1.29 is 9.16 Å². The summed E-state index contributed by atoms with van der Waals surface area (Å²) in [6, 6.07) is 2.55. The summed E-state index contributed by atoms with van der Waals surface area (Å²) in [5.74, 6) is -0.0445. The third kappa shape index (κ3) is 3.57. The summed E-state index contributed by atoms with van der Waals surface area (Å²) in [5, 5.41) is 2.95. The molecule has 0 saturated carbocycles. The Morgan fingerprint density at radius 2 is 1.82 bits per heavy atom. The van der Waals surface area contributed by atoms with Crippen LogP contribution in [0, 0.1) is 5.92 Å². The van der Waals surface area contributed by atoms with E-state index in [9.17, 15) is 4.79 Å². The van der Waals surface area contributed by atoms with Crippen LogP contribution in [0.15, 0.2) is 70.4 Å². The standard InChI is InChI=1S/C35H38N2O2/c1-36-35(38)27-12-4-2-3-11-24(27)32-30-19-22-9-5-15-37-16-6-13-25(33(22)37)28(30)21-29-26-14-8-18-39-17-7-10-23(34(26)39)20-31(29)32/h2-4,11-12,19-20,24,34H,5-10,13-18,21H2,1H3/p+1. The molecule has 0 aromatic heterocycles. The Hall–Kier alpha value is -3.11. The zero-order valence-electron chi connectivity index (χ0n) is 23.2. The number of carbonyl (C=O) groups excluding carboxylic acids is 1. The number of likely N-dealkylation sites (N-methyl/N-ethyl adjacent to an activating group) is 1. The molecular weight excluding hydrogens is 480 g/mol. The Morgan fingerprint density at radius 1 is 0.974 bits per heavy atom. The predicted molar refractivity (Wildman–Crippen MR) is 158 cm³/mol. The Morgan fingerprint density at radius 3 is 2.69 bits per heavy atom. The number of allylic oxidation sites excluding steroid dienone is 9. The second-order valence-corrected chi connectivity index (χ2v) is 12.3. The normalized spacial score (nSPS) is 27.2. The lowest BCUT2D eigenvalue weighted by molar-refractivity contribution is -0.189. The Kier molecular flexibility index (Phi) is 5.62. The summed E-state index contributed by atoms with van der Waals surface area (Å²) >= 11 is 0. The smallest absolute Gasteiger partial charge is 0.247 e. The first kappa shape index (κ1) is 23.7. The summed E-state index contributed by atoms with van der Waals surface area (Å²) in [5.41, 5.74) is 16.1. The van der Waals surface area contributed by atoms with Crippen LogP contribution in [0.25, 0.3) is 5.57 Å². The van der Waals surface area contributed by atoms with Crippen LogP contribution in [-0.2, 0) is 28.4 Å². The van der Waals surface area contributed by atoms with E-state index in [0.29, 0.717) is 6.10 Å². The van der Waals surface area contributed by atoms with E-state index in [1.807, 2.05) is 12.2 Å². The minimum Gasteiger partial charge on any atom is -0.413 e. The number of hydrogen-bond donors (Lipinski definition) is 1. The number of benzene rings is 1. The van der Waals surface area contributed by atoms with E-state index in [1.165, 1.54) is 80.3 Å². The van der Waals surface area contributed by atoms with E-state index in [2.05, 4.69) is 45.0 Å². The van der Waals surface area contributed by atoms with Crippen LogP contribution in [0.4, 0.5) is 5.69 Å². The number of aryl methyl sites for hydroxylation is 1. The molecule has 2 saturated heterocycles. The van der Waals surface area contributed by atoms with Crippen LogP contribution >= 0.6 is 0 Å². The summed E-state index contributed by atoms with van der Waals surface area (Å²) < 4.78 is 3.72. The van der Waals surface area contributed by atoms with E-state index in [4.69, 9.17) is 0 Å². The highest BCUT2D eigenvalue weighted by Crippen LogP contribution is 2.53. The van der Waals surface area contributed by atoms with Crippen molar-refractivity contribution >= 4 is 17.2 Å². The van der Waals surface area contributed by atoms with E-state index >= 15 is 0 Å². The summed E-state index contributed by atoms with van der Waals surface area (Å²) in [4.78, 5) is 16.0. The van der Waals surface area contributed by atoms with Crippen molar-refractivity contribution in [3.8, 4) is 0 Å².